The molecule has 0 radical (unpaired) electrons. The van der Waals surface area contributed by atoms with E-state index in [9.17, 15) is 4.79 Å². The van der Waals surface area contributed by atoms with Crippen LogP contribution in [0.5, 0.6) is 11.6 Å². The molecule has 5 heteroatoms. The van der Waals surface area contributed by atoms with Gasteiger partial charge in [-0.3, -0.25) is 9.69 Å². The second kappa shape index (κ2) is 8.12. The molecule has 25 heavy (non-hydrogen) atoms. The maximum atomic E-state index is 11.8. The fourth-order valence-corrected chi connectivity index (χ4v) is 3.17. The van der Waals surface area contributed by atoms with Crippen molar-refractivity contribution in [2.75, 3.05) is 20.1 Å². The highest BCUT2D eigenvalue weighted by Gasteiger charge is 2.24. The SMILES string of the molecule is CNC(=O)[C@H]1CCCN(Cc2ccc(Oc3ccc(C)cc3)nc2)C1. The Balaban J connectivity index is 1.57. The molecule has 0 bridgehead atoms. The predicted molar refractivity (Wildman–Crippen MR) is 97.6 cm³/mol. The lowest BCUT2D eigenvalue weighted by molar-refractivity contribution is -0.126. The van der Waals surface area contributed by atoms with Gasteiger partial charge >= 0.3 is 0 Å². The summed E-state index contributed by atoms with van der Waals surface area (Å²) in [7, 11) is 1.71. The van der Waals surface area contributed by atoms with Crippen LogP contribution in [-0.4, -0.2) is 35.9 Å². The number of nitrogens with zero attached hydrogens (tertiary/aromatic N) is 2. The summed E-state index contributed by atoms with van der Waals surface area (Å²) >= 11 is 0. The van der Waals surface area contributed by atoms with Gasteiger partial charge in [0.05, 0.1) is 5.92 Å². The maximum absolute atomic E-state index is 11.8. The number of hydrogen-bond donors (Lipinski definition) is 1. The van der Waals surface area contributed by atoms with Crippen LogP contribution in [0.25, 0.3) is 0 Å². The summed E-state index contributed by atoms with van der Waals surface area (Å²) in [5.41, 5.74) is 2.33. The van der Waals surface area contributed by atoms with E-state index in [1.165, 1.54) is 5.56 Å². The van der Waals surface area contributed by atoms with Gasteiger partial charge in [0.2, 0.25) is 11.8 Å². The number of likely N-dealkylation sites (tertiary alicyclic amines) is 1. The first kappa shape index (κ1) is 17.4. The van der Waals surface area contributed by atoms with Crippen LogP contribution in [0.4, 0.5) is 0 Å². The molecule has 1 aliphatic rings. The van der Waals surface area contributed by atoms with E-state index < -0.39 is 0 Å². The first-order valence-corrected chi connectivity index (χ1v) is 8.77. The molecule has 1 aromatic heterocycles. The van der Waals surface area contributed by atoms with E-state index in [1.807, 2.05) is 49.5 Å². The predicted octanol–water partition coefficient (Wildman–Crippen LogP) is 3.14. The van der Waals surface area contributed by atoms with Gasteiger partial charge in [-0.25, -0.2) is 4.98 Å². The van der Waals surface area contributed by atoms with E-state index >= 15 is 0 Å². The Labute approximate surface area is 149 Å². The molecule has 0 spiro atoms. The van der Waals surface area contributed by atoms with Gasteiger partial charge in [0, 0.05) is 32.4 Å². The maximum Gasteiger partial charge on any atom is 0.224 e. The third kappa shape index (κ3) is 4.79. The summed E-state index contributed by atoms with van der Waals surface area (Å²) < 4.78 is 5.76. The number of rotatable bonds is 5. The number of nitrogens with one attached hydrogen (secondary N) is 1. The van der Waals surface area contributed by atoms with Gasteiger partial charge in [0.1, 0.15) is 5.75 Å². The minimum absolute atomic E-state index is 0.0934. The molecule has 1 amide bonds. The van der Waals surface area contributed by atoms with E-state index in [-0.39, 0.29) is 11.8 Å². The summed E-state index contributed by atoms with van der Waals surface area (Å²) in [6.45, 7) is 4.69. The minimum Gasteiger partial charge on any atom is -0.439 e. The van der Waals surface area contributed by atoms with Gasteiger partial charge in [0.15, 0.2) is 0 Å². The molecule has 2 aromatic rings. The molecular formula is C20H25N3O2. The van der Waals surface area contributed by atoms with Gasteiger partial charge in [-0.2, -0.15) is 0 Å². The normalized spacial score (nSPS) is 17.9. The largest absolute Gasteiger partial charge is 0.439 e. The minimum atomic E-state index is 0.0934. The average molecular weight is 339 g/mol. The summed E-state index contributed by atoms with van der Waals surface area (Å²) in [4.78, 5) is 18.6. The second-order valence-corrected chi connectivity index (χ2v) is 6.61. The van der Waals surface area contributed by atoms with Crippen molar-refractivity contribution >= 4 is 5.91 Å². The molecule has 0 aliphatic carbocycles. The van der Waals surface area contributed by atoms with E-state index in [1.54, 1.807) is 7.05 Å². The number of ether oxygens (including phenoxy) is 1. The molecule has 5 nitrogen and oxygen atoms in total. The lowest BCUT2D eigenvalue weighted by Crippen LogP contribution is -2.41. The highest BCUT2D eigenvalue weighted by Crippen LogP contribution is 2.22. The summed E-state index contributed by atoms with van der Waals surface area (Å²) in [6.07, 6.45) is 3.88. The zero-order valence-electron chi connectivity index (χ0n) is 14.9. The Morgan fingerprint density at radius 1 is 1.28 bits per heavy atom. The van der Waals surface area contributed by atoms with Gasteiger partial charge < -0.3 is 10.1 Å². The van der Waals surface area contributed by atoms with Gasteiger partial charge in [-0.15, -0.1) is 0 Å². The van der Waals surface area contributed by atoms with Gasteiger partial charge in [-0.05, 0) is 44.0 Å². The van der Waals surface area contributed by atoms with Crippen LogP contribution < -0.4 is 10.1 Å². The summed E-state index contributed by atoms with van der Waals surface area (Å²) in [5, 5.41) is 2.76. The van der Waals surface area contributed by atoms with E-state index in [4.69, 9.17) is 4.74 Å². The Hall–Kier alpha value is -2.40. The fourth-order valence-electron chi connectivity index (χ4n) is 3.17. The molecule has 1 fully saturated rings. The lowest BCUT2D eigenvalue weighted by Gasteiger charge is -2.31. The number of amides is 1. The highest BCUT2D eigenvalue weighted by molar-refractivity contribution is 5.78. The van der Waals surface area contributed by atoms with Crippen LogP contribution in [0.1, 0.15) is 24.0 Å². The zero-order valence-corrected chi connectivity index (χ0v) is 14.9. The standard InChI is InChI=1S/C20H25N3O2/c1-15-5-8-18(9-6-15)25-19-10-7-16(12-22-19)13-23-11-3-4-17(14-23)20(24)21-2/h5-10,12,17H,3-4,11,13-14H2,1-2H3,(H,21,24)/t17-/m0/s1. The summed E-state index contributed by atoms with van der Waals surface area (Å²) in [6, 6.07) is 11.9. The number of carbonyl (C=O) groups excluding carboxylic acids is 1. The number of piperidine rings is 1. The van der Waals surface area contributed by atoms with Gasteiger partial charge in [-0.1, -0.05) is 23.8 Å². The number of aryl methyl sites for hydroxylation is 1. The third-order valence-corrected chi connectivity index (χ3v) is 4.57. The Bertz CT molecular complexity index is 698. The monoisotopic (exact) mass is 339 g/mol. The van der Waals surface area contributed by atoms with E-state index in [0.29, 0.717) is 5.88 Å². The molecule has 2 heterocycles. The van der Waals surface area contributed by atoms with Crippen molar-refractivity contribution < 1.29 is 9.53 Å². The number of pyridine rings is 1. The molecule has 1 atom stereocenters. The second-order valence-electron chi connectivity index (χ2n) is 6.61. The van der Waals surface area contributed by atoms with Crippen LogP contribution >= 0.6 is 0 Å². The highest BCUT2D eigenvalue weighted by atomic mass is 16.5. The van der Waals surface area contributed by atoms with Crippen molar-refractivity contribution in [1.82, 2.24) is 15.2 Å². The van der Waals surface area contributed by atoms with Crippen LogP contribution in [-0.2, 0) is 11.3 Å². The van der Waals surface area contributed by atoms with Crippen molar-refractivity contribution in [2.45, 2.75) is 26.3 Å². The number of aromatic nitrogens is 1. The number of hydrogen-bond acceptors (Lipinski definition) is 4. The Morgan fingerprint density at radius 2 is 2.08 bits per heavy atom. The molecule has 0 unspecified atom stereocenters. The summed E-state index contributed by atoms with van der Waals surface area (Å²) in [5.74, 6) is 1.62. The topological polar surface area (TPSA) is 54.5 Å². The lowest BCUT2D eigenvalue weighted by atomic mass is 9.97. The van der Waals surface area contributed by atoms with Crippen molar-refractivity contribution in [1.29, 1.82) is 0 Å². The average Bonchev–Trinajstić information content (AvgIpc) is 2.65. The van der Waals surface area contributed by atoms with Crippen LogP contribution in [0, 0.1) is 12.8 Å². The van der Waals surface area contributed by atoms with Crippen molar-refractivity contribution in [3.63, 3.8) is 0 Å². The van der Waals surface area contributed by atoms with Crippen molar-refractivity contribution in [2.24, 2.45) is 5.92 Å². The van der Waals surface area contributed by atoms with Crippen LogP contribution in [0.15, 0.2) is 42.6 Å². The van der Waals surface area contributed by atoms with Crippen LogP contribution in [0.3, 0.4) is 0 Å². The molecule has 1 aromatic carbocycles. The Kier molecular flexibility index (Phi) is 5.66. The Morgan fingerprint density at radius 3 is 2.76 bits per heavy atom. The molecule has 1 aliphatic heterocycles. The quantitative estimate of drug-likeness (QED) is 0.909. The third-order valence-electron chi connectivity index (χ3n) is 4.57. The molecule has 1 N–H and O–H groups in total. The smallest absolute Gasteiger partial charge is 0.224 e. The zero-order chi connectivity index (χ0) is 17.6. The fraction of sp³-hybridized carbons (Fsp3) is 0.400. The van der Waals surface area contributed by atoms with Crippen molar-refractivity contribution in [3.05, 3.63) is 53.7 Å². The molecule has 3 rings (SSSR count). The first-order valence-electron chi connectivity index (χ1n) is 8.77. The van der Waals surface area contributed by atoms with Crippen LogP contribution in [0.2, 0.25) is 0 Å². The molecule has 1 saturated heterocycles. The number of benzene rings is 1. The molecule has 132 valence electrons. The van der Waals surface area contributed by atoms with Crippen molar-refractivity contribution in [3.8, 4) is 11.6 Å². The molecule has 0 saturated carbocycles. The van der Waals surface area contributed by atoms with E-state index in [2.05, 4.69) is 15.2 Å². The van der Waals surface area contributed by atoms with E-state index in [0.717, 1.165) is 43.8 Å². The van der Waals surface area contributed by atoms with Gasteiger partial charge in [0.25, 0.3) is 0 Å². The number of carbonyl (C=O) groups is 1. The first-order chi connectivity index (χ1) is 12.1. The molecular weight excluding hydrogens is 314 g/mol.